The van der Waals surface area contributed by atoms with Crippen LogP contribution in [0.2, 0.25) is 0 Å². The van der Waals surface area contributed by atoms with Gasteiger partial charge in [-0.15, -0.1) is 11.8 Å². The molecular weight excluding hydrogens is 453 g/mol. The Labute approximate surface area is 181 Å². The van der Waals surface area contributed by atoms with Gasteiger partial charge in [0, 0.05) is 29.2 Å². The number of amides is 2. The predicted octanol–water partition coefficient (Wildman–Crippen LogP) is 4.33. The van der Waals surface area contributed by atoms with Crippen LogP contribution in [0.4, 0.5) is 24.5 Å². The molecule has 11 heteroatoms. The first kappa shape index (κ1) is 23.1. The molecule has 0 saturated carbocycles. The summed E-state index contributed by atoms with van der Waals surface area (Å²) in [7, 11) is -3.92. The number of rotatable bonds is 5. The molecule has 2 aromatic carbocycles. The molecule has 0 unspecified atom stereocenters. The molecule has 2 N–H and O–H groups in total. The van der Waals surface area contributed by atoms with E-state index in [0.29, 0.717) is 17.9 Å². The molecule has 0 fully saturated rings. The molecule has 2 amide bonds. The highest BCUT2D eigenvalue weighted by molar-refractivity contribution is 7.99. The maximum Gasteiger partial charge on any atom is 0.416 e. The molecule has 31 heavy (non-hydrogen) atoms. The number of carbonyl (C=O) groups excluding carboxylic acids is 2. The molecule has 6 nitrogen and oxygen atoms in total. The van der Waals surface area contributed by atoms with Gasteiger partial charge in [0.2, 0.25) is 11.8 Å². The fourth-order valence-corrected chi connectivity index (χ4v) is 5.28. The fourth-order valence-electron chi connectivity index (χ4n) is 2.96. The summed E-state index contributed by atoms with van der Waals surface area (Å²) in [5, 5.41) is 3.84. The molecule has 0 aromatic heterocycles. The van der Waals surface area contributed by atoms with E-state index < -0.39 is 39.2 Å². The third-order valence-electron chi connectivity index (χ3n) is 4.62. The number of anilines is 2. The molecule has 1 heterocycles. The summed E-state index contributed by atoms with van der Waals surface area (Å²) >= 11 is 1.43. The summed E-state index contributed by atoms with van der Waals surface area (Å²) in [5.74, 6) is -0.361. The lowest BCUT2D eigenvalue weighted by molar-refractivity contribution is -0.137. The Morgan fingerprint density at radius 3 is 2.68 bits per heavy atom. The summed E-state index contributed by atoms with van der Waals surface area (Å²) in [5.41, 5.74) is -0.598. The van der Waals surface area contributed by atoms with Crippen molar-refractivity contribution < 1.29 is 31.2 Å². The number of alkyl halides is 3. The van der Waals surface area contributed by atoms with Gasteiger partial charge in [-0.05, 0) is 43.3 Å². The molecule has 2 aromatic rings. The topological polar surface area (TPSA) is 92.3 Å². The second-order valence-electron chi connectivity index (χ2n) is 6.99. The molecule has 3 rings (SSSR count). The maximum absolute atomic E-state index is 12.9. The lowest BCUT2D eigenvalue weighted by atomic mass is 10.2. The van der Waals surface area contributed by atoms with Gasteiger partial charge in [-0.1, -0.05) is 6.07 Å². The van der Waals surface area contributed by atoms with Gasteiger partial charge in [-0.2, -0.15) is 13.2 Å². The Bertz CT molecular complexity index is 1120. The normalized spacial score (nSPS) is 15.4. The van der Waals surface area contributed by atoms with Crippen molar-refractivity contribution in [3.8, 4) is 0 Å². The van der Waals surface area contributed by atoms with Crippen LogP contribution in [-0.2, 0) is 25.6 Å². The van der Waals surface area contributed by atoms with Crippen LogP contribution in [0.15, 0.2) is 52.3 Å². The van der Waals surface area contributed by atoms with Crippen molar-refractivity contribution in [2.45, 2.75) is 41.0 Å². The number of benzene rings is 2. The van der Waals surface area contributed by atoms with Gasteiger partial charge < -0.3 is 10.6 Å². The van der Waals surface area contributed by atoms with Gasteiger partial charge in [-0.3, -0.25) is 9.59 Å². The van der Waals surface area contributed by atoms with E-state index in [1.54, 1.807) is 6.07 Å². The predicted molar refractivity (Wildman–Crippen MR) is 112 cm³/mol. The van der Waals surface area contributed by atoms with Crippen molar-refractivity contribution in [2.24, 2.45) is 0 Å². The second kappa shape index (κ2) is 8.91. The zero-order valence-electron chi connectivity index (χ0n) is 16.3. The van der Waals surface area contributed by atoms with Crippen molar-refractivity contribution in [3.63, 3.8) is 0 Å². The number of hydrogen-bond acceptors (Lipinski definition) is 5. The zero-order chi connectivity index (χ0) is 22.8. The van der Waals surface area contributed by atoms with Crippen molar-refractivity contribution in [3.05, 3.63) is 48.0 Å². The van der Waals surface area contributed by atoms with Gasteiger partial charge >= 0.3 is 6.18 Å². The lowest BCUT2D eigenvalue weighted by Crippen LogP contribution is -2.25. The van der Waals surface area contributed by atoms with Crippen LogP contribution in [0.1, 0.15) is 25.3 Å². The third kappa shape index (κ3) is 5.59. The summed E-state index contributed by atoms with van der Waals surface area (Å²) < 4.78 is 64.2. The second-order valence-corrected chi connectivity index (χ2v) is 10.5. The van der Waals surface area contributed by atoms with Crippen LogP contribution in [-0.4, -0.2) is 31.2 Å². The quantitative estimate of drug-likeness (QED) is 0.676. The van der Waals surface area contributed by atoms with E-state index in [1.165, 1.54) is 36.9 Å². The molecule has 0 aliphatic carbocycles. The summed E-state index contributed by atoms with van der Waals surface area (Å²) in [4.78, 5) is 24.7. The lowest BCUT2D eigenvalue weighted by Gasteiger charge is -2.15. The molecule has 0 radical (unpaired) electrons. The number of hydrogen-bond donors (Lipinski definition) is 2. The Hall–Kier alpha value is -2.53. The van der Waals surface area contributed by atoms with Gasteiger partial charge in [0.15, 0.2) is 9.84 Å². The average Bonchev–Trinajstić information content (AvgIpc) is 2.87. The van der Waals surface area contributed by atoms with Crippen molar-refractivity contribution in [1.29, 1.82) is 0 Å². The van der Waals surface area contributed by atoms with Crippen LogP contribution in [0.5, 0.6) is 0 Å². The number of nitrogens with one attached hydrogen (secondary N) is 2. The van der Waals surface area contributed by atoms with Crippen molar-refractivity contribution in [2.75, 3.05) is 16.4 Å². The minimum atomic E-state index is -4.56. The summed E-state index contributed by atoms with van der Waals surface area (Å²) in [6.45, 7) is 1.35. The van der Waals surface area contributed by atoms with Crippen LogP contribution in [0, 0.1) is 0 Å². The number of halogens is 3. The van der Waals surface area contributed by atoms with E-state index in [4.69, 9.17) is 0 Å². The first-order chi connectivity index (χ1) is 14.5. The van der Waals surface area contributed by atoms with E-state index in [-0.39, 0.29) is 16.5 Å². The number of fused-ring (bicyclic) bond motifs is 1. The van der Waals surface area contributed by atoms with E-state index in [0.717, 1.165) is 23.1 Å². The largest absolute Gasteiger partial charge is 0.416 e. The van der Waals surface area contributed by atoms with Crippen LogP contribution in [0.3, 0.4) is 0 Å². The Morgan fingerprint density at radius 1 is 1.23 bits per heavy atom. The zero-order valence-corrected chi connectivity index (χ0v) is 18.0. The first-order valence-electron chi connectivity index (χ1n) is 9.24. The highest BCUT2D eigenvalue weighted by Crippen LogP contribution is 2.34. The number of carbonyl (C=O) groups is 2. The van der Waals surface area contributed by atoms with Gasteiger partial charge in [0.05, 0.1) is 21.4 Å². The molecule has 1 aliphatic heterocycles. The Balaban J connectivity index is 1.73. The summed E-state index contributed by atoms with van der Waals surface area (Å²) in [6.07, 6.45) is -4.69. The minimum absolute atomic E-state index is 0.0478. The third-order valence-corrected chi connectivity index (χ3v) is 7.83. The van der Waals surface area contributed by atoms with E-state index in [2.05, 4.69) is 10.6 Å². The monoisotopic (exact) mass is 472 g/mol. The van der Waals surface area contributed by atoms with E-state index >= 15 is 0 Å². The molecule has 0 bridgehead atoms. The molecule has 1 atom stereocenters. The standard InChI is InChI=1S/C20H19F3N2O4S2/c1-12(9-19(27)24-14-4-2-3-13(10-14)20(21,22)23)31(28,29)15-5-6-17-16(11-15)25-18(26)7-8-30-17/h2-6,10-12H,7-9H2,1H3,(H,24,27)(H,25,26)/t12-/m0/s1. The minimum Gasteiger partial charge on any atom is -0.326 e. The molecule has 0 saturated heterocycles. The van der Waals surface area contributed by atoms with Crippen LogP contribution in [0.25, 0.3) is 0 Å². The Kier molecular flexibility index (Phi) is 6.65. The fraction of sp³-hybridized carbons (Fsp3) is 0.300. The van der Waals surface area contributed by atoms with Gasteiger partial charge in [0.1, 0.15) is 0 Å². The summed E-state index contributed by atoms with van der Waals surface area (Å²) in [6, 6.07) is 8.48. The van der Waals surface area contributed by atoms with Gasteiger partial charge in [-0.25, -0.2) is 8.42 Å². The van der Waals surface area contributed by atoms with Crippen LogP contribution >= 0.6 is 11.8 Å². The smallest absolute Gasteiger partial charge is 0.326 e. The highest BCUT2D eigenvalue weighted by Gasteiger charge is 2.31. The molecule has 1 aliphatic rings. The molecule has 166 valence electrons. The number of thioether (sulfide) groups is 1. The maximum atomic E-state index is 12.9. The highest BCUT2D eigenvalue weighted by atomic mass is 32.2. The Morgan fingerprint density at radius 2 is 1.97 bits per heavy atom. The van der Waals surface area contributed by atoms with E-state index in [1.807, 2.05) is 0 Å². The first-order valence-corrected chi connectivity index (χ1v) is 11.8. The van der Waals surface area contributed by atoms with Crippen molar-refractivity contribution in [1.82, 2.24) is 0 Å². The molecule has 0 spiro atoms. The van der Waals surface area contributed by atoms with Crippen molar-refractivity contribution >= 4 is 44.8 Å². The number of sulfone groups is 1. The average molecular weight is 473 g/mol. The SMILES string of the molecule is C[C@@H](CC(=O)Nc1cccc(C(F)(F)F)c1)S(=O)(=O)c1ccc2c(c1)NC(=O)CCS2. The van der Waals surface area contributed by atoms with E-state index in [9.17, 15) is 31.2 Å². The van der Waals surface area contributed by atoms with Gasteiger partial charge in [0.25, 0.3) is 0 Å². The molecular formula is C20H19F3N2O4S2. The van der Waals surface area contributed by atoms with Crippen LogP contribution < -0.4 is 10.6 Å².